The van der Waals surface area contributed by atoms with E-state index in [1.54, 1.807) is 22.0 Å². The summed E-state index contributed by atoms with van der Waals surface area (Å²) in [5.74, 6) is -0.673. The predicted molar refractivity (Wildman–Crippen MR) is 80.2 cm³/mol. The van der Waals surface area contributed by atoms with Crippen molar-refractivity contribution >= 4 is 17.3 Å². The van der Waals surface area contributed by atoms with Gasteiger partial charge in [-0.2, -0.15) is 0 Å². The van der Waals surface area contributed by atoms with Crippen LogP contribution in [-0.4, -0.2) is 15.6 Å². The topological polar surface area (TPSA) is 59.3 Å². The van der Waals surface area contributed by atoms with Crippen LogP contribution in [0.4, 0.5) is 0 Å². The van der Waals surface area contributed by atoms with Gasteiger partial charge < -0.3 is 9.67 Å². The number of hydrogen-bond donors (Lipinski definition) is 1. The van der Waals surface area contributed by atoms with Crippen molar-refractivity contribution in [3.63, 3.8) is 0 Å². The maximum absolute atomic E-state index is 12.5. The summed E-state index contributed by atoms with van der Waals surface area (Å²) in [6.07, 6.45) is -0.234. The third-order valence-electron chi connectivity index (χ3n) is 2.92. The van der Waals surface area contributed by atoms with Gasteiger partial charge in [0.2, 0.25) is 0 Å². The Morgan fingerprint density at radius 3 is 2.65 bits per heavy atom. The zero-order valence-electron chi connectivity index (χ0n) is 11.5. The molecule has 5 heteroatoms. The van der Waals surface area contributed by atoms with Gasteiger partial charge in [0.15, 0.2) is 0 Å². The lowest BCUT2D eigenvalue weighted by atomic mass is 10.1. The Morgan fingerprint density at radius 1 is 1.35 bits per heavy atom. The van der Waals surface area contributed by atoms with Crippen molar-refractivity contribution in [3.05, 3.63) is 45.6 Å². The van der Waals surface area contributed by atoms with E-state index in [9.17, 15) is 9.59 Å². The molecule has 2 aromatic heterocycles. The van der Waals surface area contributed by atoms with Gasteiger partial charge >= 0.3 is 5.97 Å². The van der Waals surface area contributed by atoms with Crippen LogP contribution in [0.2, 0.25) is 0 Å². The van der Waals surface area contributed by atoms with Crippen molar-refractivity contribution in [1.82, 2.24) is 4.57 Å². The lowest BCUT2D eigenvalue weighted by molar-refractivity contribution is -0.136. The van der Waals surface area contributed by atoms with Crippen molar-refractivity contribution in [3.8, 4) is 10.6 Å². The van der Waals surface area contributed by atoms with Gasteiger partial charge in [-0.25, -0.2) is 0 Å². The number of pyridine rings is 1. The van der Waals surface area contributed by atoms with Gasteiger partial charge in [0.05, 0.1) is 17.0 Å². The summed E-state index contributed by atoms with van der Waals surface area (Å²) >= 11 is 1.57. The number of thiophene rings is 1. The van der Waals surface area contributed by atoms with Crippen LogP contribution < -0.4 is 5.56 Å². The molecule has 106 valence electrons. The minimum Gasteiger partial charge on any atom is -0.481 e. The molecule has 1 N–H and O–H groups in total. The first-order chi connectivity index (χ1) is 9.49. The number of rotatable bonds is 5. The van der Waals surface area contributed by atoms with E-state index in [2.05, 4.69) is 0 Å². The summed E-state index contributed by atoms with van der Waals surface area (Å²) in [4.78, 5) is 24.3. The molecule has 0 aliphatic rings. The molecule has 0 unspecified atom stereocenters. The highest BCUT2D eigenvalue weighted by atomic mass is 32.1. The third kappa shape index (κ3) is 3.17. The molecule has 0 aliphatic carbocycles. The Balaban J connectivity index is 2.55. The first-order valence-electron chi connectivity index (χ1n) is 6.47. The summed E-state index contributed by atoms with van der Waals surface area (Å²) < 4.78 is 1.69. The molecule has 0 radical (unpaired) electrons. The van der Waals surface area contributed by atoms with E-state index >= 15 is 0 Å². The largest absolute Gasteiger partial charge is 0.481 e. The average Bonchev–Trinajstić information content (AvgIpc) is 2.87. The number of aliphatic carboxylic acids is 1. The summed E-state index contributed by atoms with van der Waals surface area (Å²) in [5.41, 5.74) is 0.985. The van der Waals surface area contributed by atoms with Crippen molar-refractivity contribution < 1.29 is 9.90 Å². The molecule has 2 aromatic rings. The van der Waals surface area contributed by atoms with E-state index in [4.69, 9.17) is 5.11 Å². The standard InChI is InChI=1S/C15H17NO3S/c1-10(2)9-16-12(13-4-3-7-20-13)6-5-11(15(16)19)8-14(17)18/h3-7,10H,8-9H2,1-2H3,(H,17,18). The van der Waals surface area contributed by atoms with Crippen LogP contribution in [0, 0.1) is 5.92 Å². The van der Waals surface area contributed by atoms with Gasteiger partial charge in [0.25, 0.3) is 5.56 Å². The van der Waals surface area contributed by atoms with E-state index in [0.29, 0.717) is 18.0 Å². The van der Waals surface area contributed by atoms with Crippen LogP contribution in [-0.2, 0) is 17.8 Å². The number of nitrogens with zero attached hydrogens (tertiary/aromatic N) is 1. The number of hydrogen-bond acceptors (Lipinski definition) is 3. The fraction of sp³-hybridized carbons (Fsp3) is 0.333. The monoisotopic (exact) mass is 291 g/mol. The van der Waals surface area contributed by atoms with Gasteiger partial charge in [-0.3, -0.25) is 9.59 Å². The second-order valence-electron chi connectivity index (χ2n) is 5.10. The van der Waals surface area contributed by atoms with Crippen molar-refractivity contribution in [1.29, 1.82) is 0 Å². The quantitative estimate of drug-likeness (QED) is 0.921. The van der Waals surface area contributed by atoms with Gasteiger partial charge in [-0.15, -0.1) is 11.3 Å². The third-order valence-corrected chi connectivity index (χ3v) is 3.81. The zero-order valence-corrected chi connectivity index (χ0v) is 12.3. The Bertz CT molecular complexity index is 656. The molecule has 0 spiro atoms. The second kappa shape index (κ2) is 6.05. The first-order valence-corrected chi connectivity index (χ1v) is 7.35. The number of carboxylic acids is 1. The molecule has 0 aliphatic heterocycles. The molecule has 0 fully saturated rings. The van der Waals surface area contributed by atoms with E-state index in [1.807, 2.05) is 37.4 Å². The smallest absolute Gasteiger partial charge is 0.308 e. The van der Waals surface area contributed by atoms with Crippen LogP contribution in [0.25, 0.3) is 10.6 Å². The molecule has 0 amide bonds. The Morgan fingerprint density at radius 2 is 2.10 bits per heavy atom. The maximum atomic E-state index is 12.5. The zero-order chi connectivity index (χ0) is 14.7. The second-order valence-corrected chi connectivity index (χ2v) is 6.05. The Labute approximate surface area is 121 Å². The molecular weight excluding hydrogens is 274 g/mol. The highest BCUT2D eigenvalue weighted by Crippen LogP contribution is 2.24. The van der Waals surface area contributed by atoms with Crippen LogP contribution in [0.15, 0.2) is 34.4 Å². The minimum atomic E-state index is -0.984. The Kier molecular flexibility index (Phi) is 4.39. The fourth-order valence-corrected chi connectivity index (χ4v) is 2.87. The molecule has 0 bridgehead atoms. The summed E-state index contributed by atoms with van der Waals surface area (Å²) in [6, 6.07) is 7.37. The van der Waals surface area contributed by atoms with E-state index in [0.717, 1.165) is 10.6 Å². The average molecular weight is 291 g/mol. The first kappa shape index (κ1) is 14.5. The normalized spacial score (nSPS) is 10.9. The highest BCUT2D eigenvalue weighted by molar-refractivity contribution is 7.13. The van der Waals surface area contributed by atoms with Gasteiger partial charge in [-0.05, 0) is 23.4 Å². The maximum Gasteiger partial charge on any atom is 0.308 e. The SMILES string of the molecule is CC(C)Cn1c(-c2cccs2)ccc(CC(=O)O)c1=O. The summed E-state index contributed by atoms with van der Waals surface area (Å²) in [7, 11) is 0. The molecule has 0 atom stereocenters. The van der Waals surface area contributed by atoms with Gasteiger partial charge in [-0.1, -0.05) is 26.0 Å². The fourth-order valence-electron chi connectivity index (χ4n) is 2.11. The minimum absolute atomic E-state index is 0.202. The highest BCUT2D eigenvalue weighted by Gasteiger charge is 2.14. The van der Waals surface area contributed by atoms with Crippen LogP contribution in [0.5, 0.6) is 0 Å². The lowest BCUT2D eigenvalue weighted by Gasteiger charge is -2.15. The van der Waals surface area contributed by atoms with E-state index in [1.165, 1.54) is 0 Å². The molecule has 4 nitrogen and oxygen atoms in total. The van der Waals surface area contributed by atoms with E-state index < -0.39 is 5.97 Å². The van der Waals surface area contributed by atoms with Crippen LogP contribution in [0.3, 0.4) is 0 Å². The molecular formula is C15H17NO3S. The van der Waals surface area contributed by atoms with Gasteiger partial charge in [0.1, 0.15) is 0 Å². The molecule has 2 heterocycles. The molecule has 20 heavy (non-hydrogen) atoms. The molecule has 0 saturated heterocycles. The molecule has 2 rings (SSSR count). The van der Waals surface area contributed by atoms with Crippen molar-refractivity contribution in [2.24, 2.45) is 5.92 Å². The number of carbonyl (C=O) groups is 1. The van der Waals surface area contributed by atoms with E-state index in [-0.39, 0.29) is 12.0 Å². The molecule has 0 saturated carbocycles. The van der Waals surface area contributed by atoms with Crippen molar-refractivity contribution in [2.75, 3.05) is 0 Å². The number of aromatic nitrogens is 1. The summed E-state index contributed by atoms with van der Waals surface area (Å²) in [5, 5.41) is 10.8. The predicted octanol–water partition coefficient (Wildman–Crippen LogP) is 2.86. The molecule has 0 aromatic carbocycles. The number of carboxylic acid groups (broad SMARTS) is 1. The summed E-state index contributed by atoms with van der Waals surface area (Å²) in [6.45, 7) is 4.66. The van der Waals surface area contributed by atoms with Crippen molar-refractivity contribution in [2.45, 2.75) is 26.8 Å². The van der Waals surface area contributed by atoms with Crippen LogP contribution in [0.1, 0.15) is 19.4 Å². The lowest BCUT2D eigenvalue weighted by Crippen LogP contribution is -2.28. The van der Waals surface area contributed by atoms with Crippen LogP contribution >= 0.6 is 11.3 Å². The van der Waals surface area contributed by atoms with Gasteiger partial charge in [0, 0.05) is 12.1 Å². The Hall–Kier alpha value is -1.88.